The molecule has 1 aliphatic heterocycles. The third-order valence-corrected chi connectivity index (χ3v) is 5.34. The summed E-state index contributed by atoms with van der Waals surface area (Å²) in [5.74, 6) is -0.192. The molecule has 0 bridgehead atoms. The van der Waals surface area contributed by atoms with Crippen LogP contribution in [0.15, 0.2) is 30.5 Å². The van der Waals surface area contributed by atoms with E-state index < -0.39 is 9.84 Å². The first-order chi connectivity index (χ1) is 9.98. The largest absolute Gasteiger partial charge is 0.298 e. The van der Waals surface area contributed by atoms with E-state index in [0.717, 1.165) is 0 Å². The van der Waals surface area contributed by atoms with Crippen molar-refractivity contribution >= 4 is 16.1 Å². The van der Waals surface area contributed by atoms with Crippen LogP contribution in [0, 0.1) is 5.82 Å². The van der Waals surface area contributed by atoms with E-state index >= 15 is 0 Å². The summed E-state index contributed by atoms with van der Waals surface area (Å²) in [4.78, 5) is 11.2. The second-order valence-electron chi connectivity index (χ2n) is 5.09. The second kappa shape index (κ2) is 5.07. The SMILES string of the molecule is O=Cc1cn(C2CCS(=O)(=O)C2)nc1-c1ccc(F)cc1. The van der Waals surface area contributed by atoms with E-state index in [1.54, 1.807) is 18.3 Å². The van der Waals surface area contributed by atoms with Crippen LogP contribution < -0.4 is 0 Å². The van der Waals surface area contributed by atoms with Crippen molar-refractivity contribution in [2.45, 2.75) is 12.5 Å². The van der Waals surface area contributed by atoms with Crippen LogP contribution in [0.2, 0.25) is 0 Å². The van der Waals surface area contributed by atoms with Gasteiger partial charge >= 0.3 is 0 Å². The molecule has 1 aromatic carbocycles. The molecule has 0 spiro atoms. The first kappa shape index (κ1) is 13.9. The van der Waals surface area contributed by atoms with Gasteiger partial charge in [-0.3, -0.25) is 9.48 Å². The molecule has 3 rings (SSSR count). The van der Waals surface area contributed by atoms with E-state index in [0.29, 0.717) is 29.5 Å². The summed E-state index contributed by atoms with van der Waals surface area (Å²) in [7, 11) is -3.02. The molecule has 0 N–H and O–H groups in total. The van der Waals surface area contributed by atoms with Crippen LogP contribution >= 0.6 is 0 Å². The number of aromatic nitrogens is 2. The van der Waals surface area contributed by atoms with Crippen molar-refractivity contribution in [1.29, 1.82) is 0 Å². The highest BCUT2D eigenvalue weighted by Crippen LogP contribution is 2.27. The van der Waals surface area contributed by atoms with Crippen molar-refractivity contribution in [2.75, 3.05) is 11.5 Å². The zero-order valence-corrected chi connectivity index (χ0v) is 11.9. The van der Waals surface area contributed by atoms with Gasteiger partial charge in [0.15, 0.2) is 16.1 Å². The number of benzene rings is 1. The first-order valence-corrected chi connectivity index (χ1v) is 8.31. The molecule has 2 aromatic rings. The number of aldehydes is 1. The predicted molar refractivity (Wildman–Crippen MR) is 75.3 cm³/mol. The van der Waals surface area contributed by atoms with Gasteiger partial charge in [-0.2, -0.15) is 5.10 Å². The van der Waals surface area contributed by atoms with Gasteiger partial charge in [-0.15, -0.1) is 0 Å². The Balaban J connectivity index is 1.99. The monoisotopic (exact) mass is 308 g/mol. The molecule has 1 atom stereocenters. The molecular formula is C14H13FN2O3S. The zero-order valence-electron chi connectivity index (χ0n) is 11.1. The summed E-state index contributed by atoms with van der Waals surface area (Å²) in [5.41, 5.74) is 1.43. The Morgan fingerprint density at radius 3 is 2.57 bits per heavy atom. The lowest BCUT2D eigenvalue weighted by Crippen LogP contribution is -2.11. The summed E-state index contributed by atoms with van der Waals surface area (Å²) in [5, 5.41) is 4.33. The summed E-state index contributed by atoms with van der Waals surface area (Å²) in [6.07, 6.45) is 2.72. The first-order valence-electron chi connectivity index (χ1n) is 6.49. The highest BCUT2D eigenvalue weighted by atomic mass is 32.2. The molecule has 5 nitrogen and oxygen atoms in total. The number of carbonyl (C=O) groups excluding carboxylic acids is 1. The van der Waals surface area contributed by atoms with E-state index in [-0.39, 0.29) is 23.4 Å². The Kier molecular flexibility index (Phi) is 3.36. The van der Waals surface area contributed by atoms with E-state index in [1.165, 1.54) is 16.8 Å². The average molecular weight is 308 g/mol. The van der Waals surface area contributed by atoms with Crippen LogP contribution in [0.1, 0.15) is 22.8 Å². The van der Waals surface area contributed by atoms with Crippen molar-refractivity contribution in [1.82, 2.24) is 9.78 Å². The van der Waals surface area contributed by atoms with Crippen LogP contribution in [-0.2, 0) is 9.84 Å². The van der Waals surface area contributed by atoms with Crippen LogP contribution in [-0.4, -0.2) is 36.0 Å². The van der Waals surface area contributed by atoms with Gasteiger partial charge in [0.1, 0.15) is 11.5 Å². The number of hydrogen-bond donors (Lipinski definition) is 0. The van der Waals surface area contributed by atoms with Crippen LogP contribution in [0.5, 0.6) is 0 Å². The minimum absolute atomic E-state index is 0.0375. The van der Waals surface area contributed by atoms with Crippen molar-refractivity contribution in [3.8, 4) is 11.3 Å². The molecule has 0 saturated carbocycles. The number of carbonyl (C=O) groups is 1. The highest BCUT2D eigenvalue weighted by Gasteiger charge is 2.30. The Bertz CT molecular complexity index is 781. The Morgan fingerprint density at radius 1 is 1.29 bits per heavy atom. The van der Waals surface area contributed by atoms with Gasteiger partial charge < -0.3 is 0 Å². The normalized spacial score (nSPS) is 20.5. The van der Waals surface area contributed by atoms with Gasteiger partial charge in [-0.25, -0.2) is 12.8 Å². The third kappa shape index (κ3) is 2.73. The molecule has 1 aromatic heterocycles. The Labute approximate surface area is 121 Å². The van der Waals surface area contributed by atoms with Gasteiger partial charge in [-0.05, 0) is 30.7 Å². The summed E-state index contributed by atoms with van der Waals surface area (Å²) in [6.45, 7) is 0. The van der Waals surface area contributed by atoms with Gasteiger partial charge in [0.2, 0.25) is 0 Å². The molecule has 1 fully saturated rings. The lowest BCUT2D eigenvalue weighted by Gasteiger charge is -2.07. The minimum Gasteiger partial charge on any atom is -0.298 e. The molecule has 7 heteroatoms. The summed E-state index contributed by atoms with van der Waals surface area (Å²) >= 11 is 0. The highest BCUT2D eigenvalue weighted by molar-refractivity contribution is 7.91. The Hall–Kier alpha value is -2.02. The number of nitrogens with zero attached hydrogens (tertiary/aromatic N) is 2. The quantitative estimate of drug-likeness (QED) is 0.812. The molecule has 0 radical (unpaired) electrons. The second-order valence-corrected chi connectivity index (χ2v) is 7.32. The topological polar surface area (TPSA) is 69.0 Å². The van der Waals surface area contributed by atoms with E-state index in [9.17, 15) is 17.6 Å². The van der Waals surface area contributed by atoms with Crippen molar-refractivity contribution in [3.63, 3.8) is 0 Å². The van der Waals surface area contributed by atoms with Gasteiger partial charge in [0.05, 0.1) is 23.1 Å². The van der Waals surface area contributed by atoms with Gasteiger partial charge in [0, 0.05) is 11.8 Å². The number of halogens is 1. The van der Waals surface area contributed by atoms with E-state index in [1.807, 2.05) is 0 Å². The predicted octanol–water partition coefficient (Wildman–Crippen LogP) is 1.86. The van der Waals surface area contributed by atoms with Crippen LogP contribution in [0.3, 0.4) is 0 Å². The fourth-order valence-corrected chi connectivity index (χ4v) is 4.20. The van der Waals surface area contributed by atoms with Crippen molar-refractivity contribution < 1.29 is 17.6 Å². The number of rotatable bonds is 3. The molecule has 21 heavy (non-hydrogen) atoms. The molecule has 1 aliphatic rings. The molecule has 0 amide bonds. The lowest BCUT2D eigenvalue weighted by atomic mass is 10.1. The van der Waals surface area contributed by atoms with Gasteiger partial charge in [-0.1, -0.05) is 0 Å². The maximum atomic E-state index is 13.0. The molecular weight excluding hydrogens is 295 g/mol. The molecule has 0 aliphatic carbocycles. The van der Waals surface area contributed by atoms with Crippen LogP contribution in [0.25, 0.3) is 11.3 Å². The standard InChI is InChI=1S/C14H13FN2O3S/c15-12-3-1-10(2-4-12)14-11(8-18)7-17(16-14)13-5-6-21(19,20)9-13/h1-4,7-8,13H,5-6,9H2. The number of sulfone groups is 1. The maximum Gasteiger partial charge on any atom is 0.153 e. The van der Waals surface area contributed by atoms with Gasteiger partial charge in [0.25, 0.3) is 0 Å². The summed E-state index contributed by atoms with van der Waals surface area (Å²) in [6, 6.07) is 5.43. The van der Waals surface area contributed by atoms with Crippen molar-refractivity contribution in [3.05, 3.63) is 41.8 Å². The van der Waals surface area contributed by atoms with E-state index in [4.69, 9.17) is 0 Å². The van der Waals surface area contributed by atoms with E-state index in [2.05, 4.69) is 5.10 Å². The molecule has 1 saturated heterocycles. The average Bonchev–Trinajstić information content (AvgIpc) is 3.02. The van der Waals surface area contributed by atoms with Crippen LogP contribution in [0.4, 0.5) is 4.39 Å². The molecule has 2 heterocycles. The molecule has 110 valence electrons. The maximum absolute atomic E-state index is 13.0. The Morgan fingerprint density at radius 2 is 2.00 bits per heavy atom. The summed E-state index contributed by atoms with van der Waals surface area (Å²) < 4.78 is 37.6. The lowest BCUT2D eigenvalue weighted by molar-refractivity contribution is 0.112. The fraction of sp³-hybridized carbons (Fsp3) is 0.286. The number of hydrogen-bond acceptors (Lipinski definition) is 4. The zero-order chi connectivity index (χ0) is 15.0. The third-order valence-electron chi connectivity index (χ3n) is 3.59. The smallest absolute Gasteiger partial charge is 0.153 e. The van der Waals surface area contributed by atoms with Crippen molar-refractivity contribution in [2.24, 2.45) is 0 Å². The minimum atomic E-state index is -3.02. The molecule has 1 unspecified atom stereocenters. The fourth-order valence-electron chi connectivity index (χ4n) is 2.50.